The Morgan fingerprint density at radius 1 is 1.35 bits per heavy atom. The molecule has 0 radical (unpaired) electrons. The van der Waals surface area contributed by atoms with Gasteiger partial charge in [0.15, 0.2) is 0 Å². The number of carbonyl (C=O) groups is 1. The van der Waals surface area contributed by atoms with Crippen LogP contribution in [0.4, 0.5) is 5.69 Å². The van der Waals surface area contributed by atoms with Crippen LogP contribution in [0.5, 0.6) is 0 Å². The quantitative estimate of drug-likeness (QED) is 0.192. The highest BCUT2D eigenvalue weighted by Gasteiger charge is 2.18. The third-order valence-corrected chi connectivity index (χ3v) is 7.51. The number of nitro groups is 1. The number of nitrogens with zero attached hydrogens (tertiary/aromatic N) is 1. The summed E-state index contributed by atoms with van der Waals surface area (Å²) in [6.07, 6.45) is 0.796. The second-order valence-electron chi connectivity index (χ2n) is 5.34. The molecular formula is C13H18ClNO4Si. The van der Waals surface area contributed by atoms with Crippen molar-refractivity contribution in [1.82, 2.24) is 0 Å². The Morgan fingerprint density at radius 3 is 2.45 bits per heavy atom. The molecule has 0 aliphatic carbocycles. The van der Waals surface area contributed by atoms with Gasteiger partial charge < -0.3 is 4.74 Å². The SMILES string of the molecule is C[Si](C)(CCl)CCCOC(=O)c1ccc([N+](=O)[O-])cc1. The highest BCUT2D eigenvalue weighted by atomic mass is 35.5. The van der Waals surface area contributed by atoms with Gasteiger partial charge in [-0.3, -0.25) is 10.1 Å². The molecule has 0 aliphatic rings. The number of ether oxygens (including phenoxy) is 1. The molecule has 20 heavy (non-hydrogen) atoms. The van der Waals surface area contributed by atoms with Crippen molar-refractivity contribution in [3.8, 4) is 0 Å². The van der Waals surface area contributed by atoms with Crippen molar-refractivity contribution in [2.75, 3.05) is 12.1 Å². The molecule has 110 valence electrons. The summed E-state index contributed by atoms with van der Waals surface area (Å²) in [5.41, 5.74) is 0.976. The van der Waals surface area contributed by atoms with E-state index in [0.717, 1.165) is 12.5 Å². The van der Waals surface area contributed by atoms with Gasteiger partial charge in [0.05, 0.1) is 25.2 Å². The topological polar surface area (TPSA) is 69.4 Å². The lowest BCUT2D eigenvalue weighted by Gasteiger charge is -2.18. The molecule has 0 aliphatic heterocycles. The normalized spacial score (nSPS) is 11.2. The van der Waals surface area contributed by atoms with E-state index < -0.39 is 19.0 Å². The number of rotatable bonds is 7. The van der Waals surface area contributed by atoms with Gasteiger partial charge in [0.1, 0.15) is 0 Å². The summed E-state index contributed by atoms with van der Waals surface area (Å²) in [4.78, 5) is 21.7. The summed E-state index contributed by atoms with van der Waals surface area (Å²) in [7, 11) is -1.35. The Morgan fingerprint density at radius 2 is 1.95 bits per heavy atom. The van der Waals surface area contributed by atoms with Gasteiger partial charge in [-0.25, -0.2) is 4.79 Å². The average Bonchev–Trinajstić information content (AvgIpc) is 2.43. The third kappa shape index (κ3) is 5.30. The Balaban J connectivity index is 2.41. The van der Waals surface area contributed by atoms with Crippen LogP contribution in [0.25, 0.3) is 0 Å². The number of non-ortho nitro benzene ring substituents is 1. The van der Waals surface area contributed by atoms with E-state index in [0.29, 0.717) is 17.7 Å². The number of halogens is 1. The molecule has 0 amide bonds. The lowest BCUT2D eigenvalue weighted by atomic mass is 10.2. The number of benzene rings is 1. The van der Waals surface area contributed by atoms with Gasteiger partial charge in [-0.05, 0) is 18.6 Å². The van der Waals surface area contributed by atoms with E-state index >= 15 is 0 Å². The molecule has 0 bridgehead atoms. The Kier molecular flexibility index (Phi) is 6.16. The van der Waals surface area contributed by atoms with Crippen LogP contribution in [0.1, 0.15) is 16.8 Å². The predicted octanol–water partition coefficient (Wildman–Crippen LogP) is 3.63. The Bertz CT molecular complexity index is 476. The molecule has 0 atom stereocenters. The average molecular weight is 316 g/mol. The van der Waals surface area contributed by atoms with Crippen molar-refractivity contribution < 1.29 is 14.5 Å². The summed E-state index contributed by atoms with van der Waals surface area (Å²) in [6.45, 7) is 4.74. The van der Waals surface area contributed by atoms with Crippen LogP contribution in [0.2, 0.25) is 19.1 Å². The van der Waals surface area contributed by atoms with Crippen molar-refractivity contribution in [2.24, 2.45) is 0 Å². The second kappa shape index (κ2) is 7.40. The molecule has 7 heteroatoms. The van der Waals surface area contributed by atoms with Crippen LogP contribution in [-0.4, -0.2) is 31.1 Å². The molecule has 0 heterocycles. The van der Waals surface area contributed by atoms with E-state index in [2.05, 4.69) is 13.1 Å². The zero-order valence-corrected chi connectivity index (χ0v) is 13.4. The molecule has 1 rings (SSSR count). The molecule has 0 spiro atoms. The summed E-state index contributed by atoms with van der Waals surface area (Å²) in [5.74, 6) is -0.453. The Labute approximate surface area is 124 Å². The summed E-state index contributed by atoms with van der Waals surface area (Å²) >= 11 is 5.87. The molecule has 0 saturated carbocycles. The lowest BCUT2D eigenvalue weighted by Crippen LogP contribution is -2.28. The molecule has 1 aromatic carbocycles. The lowest BCUT2D eigenvalue weighted by molar-refractivity contribution is -0.384. The van der Waals surface area contributed by atoms with Crippen LogP contribution in [-0.2, 0) is 4.74 Å². The van der Waals surface area contributed by atoms with Crippen LogP contribution in [0, 0.1) is 10.1 Å². The van der Waals surface area contributed by atoms with Gasteiger partial charge in [-0.2, -0.15) is 0 Å². The zero-order chi connectivity index (χ0) is 15.2. The van der Waals surface area contributed by atoms with Gasteiger partial charge in [0.2, 0.25) is 0 Å². The van der Waals surface area contributed by atoms with Crippen LogP contribution < -0.4 is 0 Å². The molecule has 5 nitrogen and oxygen atoms in total. The molecule has 0 unspecified atom stereocenters. The van der Waals surface area contributed by atoms with E-state index in [1.165, 1.54) is 24.3 Å². The van der Waals surface area contributed by atoms with E-state index in [1.54, 1.807) is 0 Å². The van der Waals surface area contributed by atoms with Crippen LogP contribution >= 0.6 is 11.6 Å². The Hall–Kier alpha value is -1.40. The minimum atomic E-state index is -1.35. The van der Waals surface area contributed by atoms with Crippen LogP contribution in [0.15, 0.2) is 24.3 Å². The van der Waals surface area contributed by atoms with Crippen molar-refractivity contribution in [1.29, 1.82) is 0 Å². The predicted molar refractivity (Wildman–Crippen MR) is 81.0 cm³/mol. The highest BCUT2D eigenvalue weighted by molar-refractivity contribution is 6.83. The molecular weight excluding hydrogens is 298 g/mol. The maximum Gasteiger partial charge on any atom is 0.338 e. The van der Waals surface area contributed by atoms with Crippen molar-refractivity contribution in [2.45, 2.75) is 25.6 Å². The fourth-order valence-corrected chi connectivity index (χ4v) is 3.22. The monoisotopic (exact) mass is 315 g/mol. The molecule has 0 saturated heterocycles. The van der Waals surface area contributed by atoms with Gasteiger partial charge in [0, 0.05) is 17.6 Å². The standard InChI is InChI=1S/C13H18ClNO4Si/c1-20(2,10-14)9-3-8-19-13(16)11-4-6-12(7-5-11)15(17)18/h4-7H,3,8-10H2,1-2H3. The minimum absolute atomic E-state index is 0.0450. The molecule has 0 aromatic heterocycles. The van der Waals surface area contributed by atoms with E-state index in [1.807, 2.05) is 0 Å². The number of hydrogen-bond acceptors (Lipinski definition) is 4. The largest absolute Gasteiger partial charge is 0.462 e. The van der Waals surface area contributed by atoms with Gasteiger partial charge in [-0.15, -0.1) is 11.6 Å². The number of esters is 1. The number of alkyl halides is 1. The second-order valence-corrected chi connectivity index (χ2v) is 11.2. The minimum Gasteiger partial charge on any atom is -0.462 e. The van der Waals surface area contributed by atoms with Gasteiger partial charge in [0.25, 0.3) is 5.69 Å². The van der Waals surface area contributed by atoms with Crippen molar-refractivity contribution in [3.05, 3.63) is 39.9 Å². The van der Waals surface area contributed by atoms with Crippen molar-refractivity contribution >= 4 is 31.3 Å². The van der Waals surface area contributed by atoms with E-state index in [-0.39, 0.29) is 5.69 Å². The summed E-state index contributed by atoms with van der Waals surface area (Å²) in [6, 6.07) is 6.39. The number of carbonyl (C=O) groups excluding carboxylic acids is 1. The first-order valence-corrected chi connectivity index (χ1v) is 10.3. The van der Waals surface area contributed by atoms with Crippen LogP contribution in [0.3, 0.4) is 0 Å². The maximum atomic E-state index is 11.7. The molecule has 0 fully saturated rings. The van der Waals surface area contributed by atoms with E-state index in [4.69, 9.17) is 16.3 Å². The zero-order valence-electron chi connectivity index (χ0n) is 11.6. The third-order valence-electron chi connectivity index (χ3n) is 2.91. The number of hydrogen-bond donors (Lipinski definition) is 0. The molecule has 1 aromatic rings. The van der Waals surface area contributed by atoms with Crippen molar-refractivity contribution in [3.63, 3.8) is 0 Å². The fourth-order valence-electron chi connectivity index (χ4n) is 1.58. The first kappa shape index (κ1) is 16.7. The fraction of sp³-hybridized carbons (Fsp3) is 0.462. The summed E-state index contributed by atoms with van der Waals surface area (Å²) < 4.78 is 5.14. The first-order chi connectivity index (χ1) is 9.35. The smallest absolute Gasteiger partial charge is 0.338 e. The van der Waals surface area contributed by atoms with Gasteiger partial charge >= 0.3 is 5.97 Å². The maximum absolute atomic E-state index is 11.7. The summed E-state index contributed by atoms with van der Waals surface area (Å²) in [5, 5.41) is 10.5. The first-order valence-electron chi connectivity index (χ1n) is 6.33. The van der Waals surface area contributed by atoms with Gasteiger partial charge in [-0.1, -0.05) is 19.1 Å². The number of nitro benzene ring substituents is 1. The molecule has 0 N–H and O–H groups in total. The highest BCUT2D eigenvalue weighted by Crippen LogP contribution is 2.15. The van der Waals surface area contributed by atoms with E-state index in [9.17, 15) is 14.9 Å².